The van der Waals surface area contributed by atoms with Crippen molar-refractivity contribution in [1.82, 2.24) is 0 Å². The van der Waals surface area contributed by atoms with Crippen LogP contribution in [0, 0.1) is 0 Å². The summed E-state index contributed by atoms with van der Waals surface area (Å²) in [6.45, 7) is -0.425. The highest BCUT2D eigenvalue weighted by Gasteiger charge is 2.33. The van der Waals surface area contributed by atoms with Crippen molar-refractivity contribution in [2.75, 3.05) is 78.1 Å². The van der Waals surface area contributed by atoms with E-state index in [1.54, 1.807) is 0 Å². The SMILES string of the molecule is COC(=O)CP(=O)(CC(=O)OC)CC(=O)OC.O=P(CCO)(CCO)CCO. The van der Waals surface area contributed by atoms with Crippen molar-refractivity contribution >= 4 is 32.2 Å². The van der Waals surface area contributed by atoms with Crippen molar-refractivity contribution in [2.45, 2.75) is 0 Å². The Labute approximate surface area is 164 Å². The fourth-order valence-corrected chi connectivity index (χ4v) is 5.85. The Morgan fingerprint density at radius 1 is 0.607 bits per heavy atom. The van der Waals surface area contributed by atoms with E-state index in [4.69, 9.17) is 15.3 Å². The summed E-state index contributed by atoms with van der Waals surface area (Å²) in [5.41, 5.74) is 0. The highest BCUT2D eigenvalue weighted by atomic mass is 31.2. The molecule has 0 radical (unpaired) electrons. The second kappa shape index (κ2) is 15.6. The Morgan fingerprint density at radius 3 is 1.04 bits per heavy atom. The zero-order valence-corrected chi connectivity index (χ0v) is 18.2. The smallest absolute Gasteiger partial charge is 0.313 e. The van der Waals surface area contributed by atoms with Gasteiger partial charge in [0.2, 0.25) is 0 Å². The number of methoxy groups -OCH3 is 3. The highest BCUT2D eigenvalue weighted by Crippen LogP contribution is 2.45. The molecule has 0 atom stereocenters. The van der Waals surface area contributed by atoms with Crippen LogP contribution in [0.4, 0.5) is 0 Å². The van der Waals surface area contributed by atoms with Gasteiger partial charge < -0.3 is 38.7 Å². The number of hydrogen-bond acceptors (Lipinski definition) is 11. The molecule has 0 bridgehead atoms. The second-order valence-electron chi connectivity index (χ2n) is 5.66. The molecule has 0 aliphatic carbocycles. The number of esters is 3. The molecule has 0 aromatic heterocycles. The molecule has 0 fully saturated rings. The molecule has 0 saturated carbocycles. The summed E-state index contributed by atoms with van der Waals surface area (Å²) in [5.74, 6) is -2.25. The van der Waals surface area contributed by atoms with Crippen LogP contribution in [0.5, 0.6) is 0 Å². The first-order valence-corrected chi connectivity index (χ1v) is 12.7. The summed E-state index contributed by atoms with van der Waals surface area (Å²) in [7, 11) is -2.45. The fourth-order valence-electron chi connectivity index (χ4n) is 1.95. The van der Waals surface area contributed by atoms with Gasteiger partial charge in [-0.15, -0.1) is 0 Å². The van der Waals surface area contributed by atoms with Gasteiger partial charge in [0.25, 0.3) is 0 Å². The lowest BCUT2D eigenvalue weighted by molar-refractivity contribution is -0.137. The van der Waals surface area contributed by atoms with Gasteiger partial charge in [0.15, 0.2) is 0 Å². The van der Waals surface area contributed by atoms with Crippen molar-refractivity contribution in [1.29, 1.82) is 0 Å². The first-order chi connectivity index (χ1) is 13.0. The molecular formula is C15H30O11P2. The molecule has 0 aromatic rings. The van der Waals surface area contributed by atoms with Gasteiger partial charge in [0.1, 0.15) is 25.6 Å². The number of carbonyl (C=O) groups excluding carboxylic acids is 3. The Kier molecular flexibility index (Phi) is 16.2. The number of carbonyl (C=O) groups is 3. The van der Waals surface area contributed by atoms with E-state index in [-0.39, 0.29) is 38.3 Å². The molecule has 0 aliphatic heterocycles. The van der Waals surface area contributed by atoms with E-state index in [2.05, 4.69) is 14.2 Å². The van der Waals surface area contributed by atoms with Gasteiger partial charge in [-0.2, -0.15) is 0 Å². The molecule has 0 heterocycles. The van der Waals surface area contributed by atoms with Crippen molar-refractivity contribution < 1.29 is 53.0 Å². The molecule has 13 heteroatoms. The number of aliphatic hydroxyl groups is 3. The Morgan fingerprint density at radius 2 is 0.857 bits per heavy atom. The summed E-state index contributed by atoms with van der Waals surface area (Å²) in [6.07, 6.45) is -0.870. The van der Waals surface area contributed by atoms with Crippen LogP contribution in [-0.4, -0.2) is 111 Å². The lowest BCUT2D eigenvalue weighted by Gasteiger charge is -2.14. The Hall–Kier alpha value is -1.25. The van der Waals surface area contributed by atoms with Gasteiger partial charge >= 0.3 is 17.9 Å². The zero-order valence-electron chi connectivity index (χ0n) is 16.4. The number of rotatable bonds is 12. The monoisotopic (exact) mass is 448 g/mol. The molecule has 0 rings (SSSR count). The summed E-state index contributed by atoms with van der Waals surface area (Å²) >= 11 is 0. The van der Waals surface area contributed by atoms with E-state index in [1.165, 1.54) is 0 Å². The summed E-state index contributed by atoms with van der Waals surface area (Å²) in [6, 6.07) is 0. The lowest BCUT2D eigenvalue weighted by Crippen LogP contribution is -2.20. The van der Waals surface area contributed by atoms with Gasteiger partial charge in [-0.05, 0) is 0 Å². The molecule has 11 nitrogen and oxygen atoms in total. The third kappa shape index (κ3) is 13.8. The van der Waals surface area contributed by atoms with Crippen molar-refractivity contribution in [3.8, 4) is 0 Å². The van der Waals surface area contributed by atoms with Gasteiger partial charge in [-0.25, -0.2) is 0 Å². The van der Waals surface area contributed by atoms with E-state index in [0.29, 0.717) is 0 Å². The highest BCUT2D eigenvalue weighted by molar-refractivity contribution is 7.66. The van der Waals surface area contributed by atoms with E-state index in [1.807, 2.05) is 0 Å². The van der Waals surface area contributed by atoms with E-state index >= 15 is 0 Å². The van der Waals surface area contributed by atoms with E-state index in [0.717, 1.165) is 21.3 Å². The first-order valence-electron chi connectivity index (χ1n) is 8.22. The molecule has 166 valence electrons. The minimum Gasteiger partial charge on any atom is -0.469 e. The molecule has 28 heavy (non-hydrogen) atoms. The molecule has 0 amide bonds. The normalized spacial score (nSPS) is 11.1. The largest absolute Gasteiger partial charge is 0.469 e. The van der Waals surface area contributed by atoms with Crippen LogP contribution < -0.4 is 0 Å². The predicted molar refractivity (Wildman–Crippen MR) is 102 cm³/mol. The third-order valence-corrected chi connectivity index (χ3v) is 9.01. The van der Waals surface area contributed by atoms with Crippen LogP contribution in [0.25, 0.3) is 0 Å². The zero-order chi connectivity index (χ0) is 22.2. The molecule has 0 aromatic carbocycles. The second-order valence-corrected chi connectivity index (χ2v) is 12.2. The minimum absolute atomic E-state index is 0.142. The molecule has 0 saturated heterocycles. The Balaban J connectivity index is 0. The third-order valence-electron chi connectivity index (χ3n) is 3.46. The molecule has 0 spiro atoms. The maximum atomic E-state index is 12.2. The van der Waals surface area contributed by atoms with Crippen LogP contribution in [0.2, 0.25) is 0 Å². The summed E-state index contributed by atoms with van der Waals surface area (Å²) < 4.78 is 36.8. The predicted octanol–water partition coefficient (Wildman–Crippen LogP) is -0.805. The molecule has 3 N–H and O–H groups in total. The average Bonchev–Trinajstić information content (AvgIpc) is 2.62. The van der Waals surface area contributed by atoms with Gasteiger partial charge in [-0.1, -0.05) is 0 Å². The molecule has 0 unspecified atom stereocenters. The van der Waals surface area contributed by atoms with Crippen LogP contribution in [0.15, 0.2) is 0 Å². The van der Waals surface area contributed by atoms with E-state index in [9.17, 15) is 23.5 Å². The number of ether oxygens (including phenoxy) is 3. The maximum Gasteiger partial charge on any atom is 0.313 e. The number of aliphatic hydroxyl groups excluding tert-OH is 3. The first kappa shape index (κ1) is 29.0. The van der Waals surface area contributed by atoms with Gasteiger partial charge in [0, 0.05) is 38.3 Å². The van der Waals surface area contributed by atoms with Gasteiger partial charge in [-0.3, -0.25) is 14.4 Å². The van der Waals surface area contributed by atoms with Crippen molar-refractivity contribution in [3.63, 3.8) is 0 Å². The average molecular weight is 448 g/mol. The van der Waals surface area contributed by atoms with Gasteiger partial charge in [0.05, 0.1) is 28.5 Å². The quantitative estimate of drug-likeness (QED) is 0.194. The Bertz CT molecular complexity index is 500. The van der Waals surface area contributed by atoms with E-state index < -0.39 is 50.7 Å². The van der Waals surface area contributed by atoms with Crippen LogP contribution >= 0.6 is 14.3 Å². The molecule has 0 aliphatic rings. The lowest BCUT2D eigenvalue weighted by atomic mass is 10.8. The standard InChI is InChI=1S/C9H15O7P.C6H15O4P/c1-14-7(10)4-17(13,5-8(11)15-2)6-9(12)16-3;7-1-4-11(10,5-2-8)6-3-9/h4-6H2,1-3H3;7-9H,1-6H2. The van der Waals surface area contributed by atoms with Crippen molar-refractivity contribution in [3.05, 3.63) is 0 Å². The topological polar surface area (TPSA) is 174 Å². The van der Waals surface area contributed by atoms with Crippen LogP contribution in [0.3, 0.4) is 0 Å². The summed E-state index contributed by atoms with van der Waals surface area (Å²) in [5, 5.41) is 25.6. The number of hydrogen-bond donors (Lipinski definition) is 3. The molecular weight excluding hydrogens is 418 g/mol. The minimum atomic E-state index is -3.36. The summed E-state index contributed by atoms with van der Waals surface area (Å²) in [4.78, 5) is 33.2. The fraction of sp³-hybridized carbons (Fsp3) is 0.800. The van der Waals surface area contributed by atoms with Crippen LogP contribution in [-0.2, 0) is 37.7 Å². The maximum absolute atomic E-state index is 12.2. The van der Waals surface area contributed by atoms with Crippen LogP contribution in [0.1, 0.15) is 0 Å². The van der Waals surface area contributed by atoms with Crippen molar-refractivity contribution in [2.24, 2.45) is 0 Å².